The molecule has 2 nitrogen and oxygen atoms in total. The van der Waals surface area contributed by atoms with Gasteiger partial charge in [-0.25, -0.2) is 0 Å². The maximum Gasteiger partial charge on any atom is 1.00 e. The Kier molecular flexibility index (Phi) is 5.89. The van der Waals surface area contributed by atoms with E-state index < -0.39 is 11.1 Å². The first-order chi connectivity index (χ1) is 5.11. The number of hydrogen-bond acceptors (Lipinski definition) is 2. The van der Waals surface area contributed by atoms with E-state index in [1.807, 2.05) is 6.92 Å². The van der Waals surface area contributed by atoms with Crippen LogP contribution in [-0.2, 0) is 11.1 Å². The third-order valence-electron chi connectivity index (χ3n) is 1.34. The molecule has 0 aromatic heterocycles. The minimum atomic E-state index is -2.13. The molecular formula is C7H6BrNaO2S. The van der Waals surface area contributed by atoms with E-state index in [9.17, 15) is 8.76 Å². The Balaban J connectivity index is 0.00000121. The van der Waals surface area contributed by atoms with Gasteiger partial charge >= 0.3 is 29.6 Å². The number of aryl methyl sites for hydroxylation is 1. The van der Waals surface area contributed by atoms with E-state index in [2.05, 4.69) is 15.9 Å². The SMILES string of the molecule is Cc1ccc(S(=O)[O-])cc1Br.[Na+]. The van der Waals surface area contributed by atoms with Gasteiger partial charge in [-0.3, -0.25) is 4.21 Å². The summed E-state index contributed by atoms with van der Waals surface area (Å²) in [5, 5.41) is 0. The number of hydrogen-bond donors (Lipinski definition) is 0. The second-order valence-electron chi connectivity index (χ2n) is 2.15. The van der Waals surface area contributed by atoms with Crippen LogP contribution in [0.3, 0.4) is 0 Å². The maximum atomic E-state index is 10.4. The van der Waals surface area contributed by atoms with E-state index in [1.165, 1.54) is 0 Å². The average Bonchev–Trinajstić information content (AvgIpc) is 1.94. The van der Waals surface area contributed by atoms with E-state index in [4.69, 9.17) is 0 Å². The van der Waals surface area contributed by atoms with Crippen molar-refractivity contribution in [2.24, 2.45) is 0 Å². The van der Waals surface area contributed by atoms with Crippen LogP contribution >= 0.6 is 15.9 Å². The largest absolute Gasteiger partial charge is 1.00 e. The molecule has 0 saturated carbocycles. The molecule has 0 bridgehead atoms. The summed E-state index contributed by atoms with van der Waals surface area (Å²) < 4.78 is 21.7. The smallest absolute Gasteiger partial charge is 0.768 e. The molecule has 1 atom stereocenters. The van der Waals surface area contributed by atoms with Gasteiger partial charge < -0.3 is 4.55 Å². The third-order valence-corrected chi connectivity index (χ3v) is 2.83. The maximum absolute atomic E-state index is 10.4. The number of halogens is 1. The van der Waals surface area contributed by atoms with Gasteiger partial charge in [0.05, 0.1) is 0 Å². The van der Waals surface area contributed by atoms with Crippen molar-refractivity contribution in [3.05, 3.63) is 28.2 Å². The van der Waals surface area contributed by atoms with Crippen molar-refractivity contribution in [3.8, 4) is 0 Å². The van der Waals surface area contributed by atoms with Crippen LogP contribution in [0.5, 0.6) is 0 Å². The molecule has 0 saturated heterocycles. The summed E-state index contributed by atoms with van der Waals surface area (Å²) in [5.41, 5.74) is 1.03. The molecule has 12 heavy (non-hydrogen) atoms. The van der Waals surface area contributed by atoms with Crippen LogP contribution in [0.15, 0.2) is 27.6 Å². The van der Waals surface area contributed by atoms with Gasteiger partial charge in [-0.1, -0.05) is 22.0 Å². The Morgan fingerprint density at radius 1 is 1.50 bits per heavy atom. The van der Waals surface area contributed by atoms with E-state index in [0.29, 0.717) is 4.90 Å². The van der Waals surface area contributed by atoms with Crippen LogP contribution in [0.2, 0.25) is 0 Å². The molecule has 1 unspecified atom stereocenters. The van der Waals surface area contributed by atoms with Crippen molar-refractivity contribution in [3.63, 3.8) is 0 Å². The molecule has 5 heteroatoms. The first kappa shape index (κ1) is 12.8. The Morgan fingerprint density at radius 3 is 2.50 bits per heavy atom. The van der Waals surface area contributed by atoms with Gasteiger partial charge in [-0.05, 0) is 35.7 Å². The Bertz CT molecular complexity index is 303. The van der Waals surface area contributed by atoms with Gasteiger partial charge in [0, 0.05) is 9.37 Å². The fraction of sp³-hybridized carbons (Fsp3) is 0.143. The van der Waals surface area contributed by atoms with Crippen molar-refractivity contribution < 1.29 is 38.3 Å². The Hall–Kier alpha value is 0.810. The van der Waals surface area contributed by atoms with E-state index in [1.54, 1.807) is 18.2 Å². The van der Waals surface area contributed by atoms with Crippen LogP contribution in [0.4, 0.5) is 0 Å². The summed E-state index contributed by atoms with van der Waals surface area (Å²) in [5.74, 6) is 0. The minimum Gasteiger partial charge on any atom is -0.768 e. The molecular weight excluding hydrogens is 251 g/mol. The monoisotopic (exact) mass is 256 g/mol. The third kappa shape index (κ3) is 3.28. The molecule has 1 aromatic carbocycles. The second-order valence-corrected chi connectivity index (χ2v) is 3.94. The van der Waals surface area contributed by atoms with Crippen LogP contribution in [0.25, 0.3) is 0 Å². The number of rotatable bonds is 1. The predicted octanol–water partition coefficient (Wildman–Crippen LogP) is -1.00. The molecule has 0 N–H and O–H groups in total. The first-order valence-electron chi connectivity index (χ1n) is 2.96. The molecule has 0 radical (unpaired) electrons. The van der Waals surface area contributed by atoms with Crippen molar-refractivity contribution in [2.75, 3.05) is 0 Å². The van der Waals surface area contributed by atoms with Gasteiger partial charge in [0.15, 0.2) is 0 Å². The van der Waals surface area contributed by atoms with Gasteiger partial charge in [0.25, 0.3) is 0 Å². The average molecular weight is 257 g/mol. The van der Waals surface area contributed by atoms with Crippen molar-refractivity contribution in [2.45, 2.75) is 11.8 Å². The minimum absolute atomic E-state index is 0. The summed E-state index contributed by atoms with van der Waals surface area (Å²) in [6.07, 6.45) is 0. The fourth-order valence-electron chi connectivity index (χ4n) is 0.677. The summed E-state index contributed by atoms with van der Waals surface area (Å²) in [7, 11) is 0. The fourth-order valence-corrected chi connectivity index (χ4v) is 1.60. The predicted molar refractivity (Wildman–Crippen MR) is 46.1 cm³/mol. The summed E-state index contributed by atoms with van der Waals surface area (Å²) in [6.45, 7) is 1.90. The first-order valence-corrected chi connectivity index (χ1v) is 4.83. The Morgan fingerprint density at radius 2 is 2.08 bits per heavy atom. The summed E-state index contributed by atoms with van der Waals surface area (Å²) in [4.78, 5) is 0.308. The molecule has 0 aliphatic heterocycles. The zero-order valence-corrected chi connectivity index (χ0v) is 11.2. The quantitative estimate of drug-likeness (QED) is 0.478. The molecule has 0 spiro atoms. The molecule has 60 valence electrons. The summed E-state index contributed by atoms with van der Waals surface area (Å²) >= 11 is 1.11. The molecule has 1 aromatic rings. The van der Waals surface area contributed by atoms with Crippen molar-refractivity contribution in [1.29, 1.82) is 0 Å². The standard InChI is InChI=1S/C7H7BrO2S.Na/c1-5-2-3-6(11(9)10)4-7(5)8;/h2-4H,1H3,(H,9,10);/q;+1/p-1. The number of benzene rings is 1. The molecule has 0 amide bonds. The van der Waals surface area contributed by atoms with E-state index in [-0.39, 0.29) is 29.6 Å². The van der Waals surface area contributed by atoms with Crippen LogP contribution in [-0.4, -0.2) is 8.76 Å². The van der Waals surface area contributed by atoms with Gasteiger partial charge in [-0.2, -0.15) is 0 Å². The zero-order chi connectivity index (χ0) is 8.43. The normalized spacial score (nSPS) is 11.9. The topological polar surface area (TPSA) is 40.1 Å². The molecule has 1 rings (SSSR count). The molecule has 0 fully saturated rings. The van der Waals surface area contributed by atoms with E-state index in [0.717, 1.165) is 10.0 Å². The molecule has 0 heterocycles. The van der Waals surface area contributed by atoms with Crippen LogP contribution in [0, 0.1) is 6.92 Å². The van der Waals surface area contributed by atoms with Crippen molar-refractivity contribution >= 4 is 27.0 Å². The molecule has 0 aliphatic rings. The molecule has 0 aliphatic carbocycles. The Labute approximate surface area is 104 Å². The van der Waals surface area contributed by atoms with E-state index >= 15 is 0 Å². The van der Waals surface area contributed by atoms with Crippen molar-refractivity contribution in [1.82, 2.24) is 0 Å². The van der Waals surface area contributed by atoms with Crippen LogP contribution in [0.1, 0.15) is 5.56 Å². The zero-order valence-electron chi connectivity index (χ0n) is 6.83. The summed E-state index contributed by atoms with van der Waals surface area (Å²) in [6, 6.07) is 4.91. The second kappa shape index (κ2) is 5.52. The van der Waals surface area contributed by atoms with Crippen LogP contribution < -0.4 is 29.6 Å². The van der Waals surface area contributed by atoms with Gasteiger partial charge in [-0.15, -0.1) is 0 Å². The van der Waals surface area contributed by atoms with Gasteiger partial charge in [0.1, 0.15) is 0 Å². The van der Waals surface area contributed by atoms with Gasteiger partial charge in [0.2, 0.25) is 0 Å².